The van der Waals surface area contributed by atoms with Crippen molar-refractivity contribution in [2.45, 2.75) is 44.4 Å². The third kappa shape index (κ3) is 6.26. The van der Waals surface area contributed by atoms with Gasteiger partial charge in [-0.3, -0.25) is 28.3 Å². The minimum Gasteiger partial charge on any atom is -0.506 e. The Morgan fingerprint density at radius 2 is 1.90 bits per heavy atom. The summed E-state index contributed by atoms with van der Waals surface area (Å²) in [4.78, 5) is 52.5. The zero-order valence-electron chi connectivity index (χ0n) is 26.7. The molecule has 3 saturated heterocycles. The number of hydrogen-bond acceptors (Lipinski definition) is 10. The topological polar surface area (TPSA) is 173 Å². The van der Waals surface area contributed by atoms with Crippen LogP contribution < -0.4 is 35.6 Å². The van der Waals surface area contributed by atoms with Gasteiger partial charge in [-0.2, -0.15) is 0 Å². The second kappa shape index (κ2) is 13.2. The lowest BCUT2D eigenvalue weighted by Gasteiger charge is -2.34. The number of para-hydroxylation sites is 1. The fourth-order valence-corrected chi connectivity index (χ4v) is 7.88. The largest absolute Gasteiger partial charge is 0.506 e. The number of phenolic OH excluding ortho intramolecular Hbond substituents is 1. The van der Waals surface area contributed by atoms with Gasteiger partial charge in [-0.25, -0.2) is 18.7 Å². The summed E-state index contributed by atoms with van der Waals surface area (Å²) in [5, 5.41) is 29.0. The van der Waals surface area contributed by atoms with Gasteiger partial charge in [-0.05, 0) is 73.4 Å². The maximum absolute atomic E-state index is 15.3. The van der Waals surface area contributed by atoms with Crippen LogP contribution in [-0.2, 0) is 16.6 Å². The first-order valence-electron chi connectivity index (χ1n) is 16.3. The van der Waals surface area contributed by atoms with Crippen molar-refractivity contribution in [3.05, 3.63) is 58.8 Å². The van der Waals surface area contributed by atoms with Crippen molar-refractivity contribution in [3.63, 3.8) is 0 Å². The summed E-state index contributed by atoms with van der Waals surface area (Å²) < 4.78 is 22.5. The van der Waals surface area contributed by atoms with Crippen molar-refractivity contribution < 1.29 is 29.0 Å². The molecule has 7 rings (SSSR count). The predicted molar refractivity (Wildman–Crippen MR) is 185 cm³/mol. The average Bonchev–Trinajstić information content (AvgIpc) is 3.61. The maximum Gasteiger partial charge on any atom is 0.329 e. The van der Waals surface area contributed by atoms with Crippen LogP contribution in [-0.4, -0.2) is 69.6 Å². The van der Waals surface area contributed by atoms with Gasteiger partial charge < -0.3 is 25.7 Å². The number of urea groups is 1. The molecule has 0 aliphatic carbocycles. The first-order chi connectivity index (χ1) is 23.6. The molecule has 0 spiro atoms. The molecular weight excluding hydrogens is 655 g/mol. The second-order valence-electron chi connectivity index (χ2n) is 12.7. The SMILES string of the molecule is Cn1c(=O)n(C2CCC(=O)NC2=O)c2cccc(N3CCC(CCNC(=O)Nc4ccc5c(F)c(N6CC(O)NS6)c(O)cc5c4)CC3)c21. The van der Waals surface area contributed by atoms with Crippen LogP contribution in [0.5, 0.6) is 5.75 Å². The molecule has 2 atom stereocenters. The van der Waals surface area contributed by atoms with Crippen molar-refractivity contribution in [1.82, 2.24) is 24.5 Å². The highest BCUT2D eigenvalue weighted by Crippen LogP contribution is 2.40. The number of rotatable bonds is 7. The number of carbonyl (C=O) groups excluding carboxylic acids is 3. The Bertz CT molecular complexity index is 2030. The van der Waals surface area contributed by atoms with Crippen molar-refractivity contribution in [3.8, 4) is 5.75 Å². The number of piperidine rings is 2. The number of carbonyl (C=O) groups is 3. The number of fused-ring (bicyclic) bond motifs is 2. The van der Waals surface area contributed by atoms with Gasteiger partial charge in [0.15, 0.2) is 5.82 Å². The van der Waals surface area contributed by atoms with Crippen LogP contribution in [0.25, 0.3) is 21.8 Å². The third-order valence-corrected chi connectivity index (χ3v) is 10.5. The Labute approximate surface area is 284 Å². The van der Waals surface area contributed by atoms with E-state index >= 15 is 4.39 Å². The molecule has 0 radical (unpaired) electrons. The minimum atomic E-state index is -0.843. The average molecular weight is 693 g/mol. The summed E-state index contributed by atoms with van der Waals surface area (Å²) in [7, 11) is 1.70. The molecule has 0 bridgehead atoms. The summed E-state index contributed by atoms with van der Waals surface area (Å²) in [6.07, 6.45) is 2.20. The Hall–Kier alpha value is -4.80. The van der Waals surface area contributed by atoms with Gasteiger partial charge in [0.25, 0.3) is 0 Å². The van der Waals surface area contributed by atoms with Crippen molar-refractivity contribution in [2.24, 2.45) is 13.0 Å². The molecule has 3 aliphatic heterocycles. The number of phenols is 1. The van der Waals surface area contributed by atoms with E-state index in [-0.39, 0.29) is 53.8 Å². The van der Waals surface area contributed by atoms with E-state index in [0.717, 1.165) is 55.7 Å². The third-order valence-electron chi connectivity index (χ3n) is 9.57. The monoisotopic (exact) mass is 692 g/mol. The quantitative estimate of drug-likeness (QED) is 0.125. The van der Waals surface area contributed by atoms with E-state index in [1.807, 2.05) is 18.2 Å². The summed E-state index contributed by atoms with van der Waals surface area (Å²) in [5.41, 5.74) is 2.48. The predicted octanol–water partition coefficient (Wildman–Crippen LogP) is 3.04. The molecule has 0 saturated carbocycles. The highest BCUT2D eigenvalue weighted by atomic mass is 32.2. The number of β-amino-alcohol motifs (C(OH)–C–C–N with tert-alkyl or cyclic N) is 1. The van der Waals surface area contributed by atoms with Crippen molar-refractivity contribution in [2.75, 3.05) is 40.7 Å². The molecule has 49 heavy (non-hydrogen) atoms. The molecule has 2 unspecified atom stereocenters. The molecule has 258 valence electrons. The smallest absolute Gasteiger partial charge is 0.329 e. The normalized spacial score (nSPS) is 20.3. The molecule has 6 N–H and O–H groups in total. The highest BCUT2D eigenvalue weighted by molar-refractivity contribution is 7.99. The van der Waals surface area contributed by atoms with Crippen molar-refractivity contribution in [1.29, 1.82) is 0 Å². The van der Waals surface area contributed by atoms with Gasteiger partial charge >= 0.3 is 11.7 Å². The molecule has 16 heteroatoms. The molecule has 3 aromatic carbocycles. The Kier molecular flexibility index (Phi) is 8.85. The van der Waals surface area contributed by atoms with Crippen LogP contribution in [0.15, 0.2) is 47.3 Å². The zero-order chi connectivity index (χ0) is 34.4. The zero-order valence-corrected chi connectivity index (χ0v) is 27.6. The van der Waals surface area contributed by atoms with Gasteiger partial charge in [0.2, 0.25) is 11.8 Å². The van der Waals surface area contributed by atoms with E-state index < -0.39 is 24.0 Å². The number of benzene rings is 3. The Morgan fingerprint density at radius 1 is 1.10 bits per heavy atom. The van der Waals surface area contributed by atoms with Crippen LogP contribution in [0.1, 0.15) is 38.1 Å². The molecular formula is C33H37FN8O6S. The number of anilines is 3. The van der Waals surface area contributed by atoms with Crippen LogP contribution in [0.3, 0.4) is 0 Å². The standard InChI is InChI=1S/C33H37FN8O6S/c1-39-29-22(3-2-4-23(29)42(33(39)48)24-7-8-26(44)37-31(24)46)40-13-10-18(11-14-40)9-12-35-32(47)36-20-5-6-21-19(15-20)16-25(43)30(28(21)34)41-17-27(45)38-49-41/h2-6,15-16,18,24,27,38,43,45H,7-14,17H2,1H3,(H2,35,36,47)(H,37,44,46). The molecule has 4 heterocycles. The van der Waals surface area contributed by atoms with E-state index in [4.69, 9.17) is 0 Å². The Balaban J connectivity index is 0.937. The molecule has 3 fully saturated rings. The van der Waals surface area contributed by atoms with Crippen molar-refractivity contribution >= 4 is 68.8 Å². The lowest BCUT2D eigenvalue weighted by atomic mass is 9.93. The number of halogens is 1. The minimum absolute atomic E-state index is 0.0163. The summed E-state index contributed by atoms with van der Waals surface area (Å²) >= 11 is 1.01. The number of hydrogen-bond donors (Lipinski definition) is 6. The van der Waals surface area contributed by atoms with Gasteiger partial charge in [0.1, 0.15) is 23.7 Å². The molecule has 4 amide bonds. The van der Waals surface area contributed by atoms with Crippen LogP contribution >= 0.6 is 12.1 Å². The summed E-state index contributed by atoms with van der Waals surface area (Å²) in [6.45, 7) is 2.11. The first kappa shape index (κ1) is 32.7. The van der Waals surface area contributed by atoms with Gasteiger partial charge in [-0.15, -0.1) is 0 Å². The van der Waals surface area contributed by atoms with E-state index in [2.05, 4.69) is 25.6 Å². The van der Waals surface area contributed by atoms with Gasteiger partial charge in [0.05, 0.1) is 23.3 Å². The van der Waals surface area contributed by atoms with Crippen LogP contribution in [0, 0.1) is 11.7 Å². The lowest BCUT2D eigenvalue weighted by molar-refractivity contribution is -0.135. The number of aromatic hydroxyl groups is 1. The van der Waals surface area contributed by atoms with E-state index in [0.29, 0.717) is 29.1 Å². The van der Waals surface area contributed by atoms with Gasteiger partial charge in [0, 0.05) is 56.3 Å². The summed E-state index contributed by atoms with van der Waals surface area (Å²) in [5.74, 6) is -1.29. The molecule has 3 aliphatic rings. The first-order valence-corrected chi connectivity index (χ1v) is 17.0. The number of aliphatic hydroxyl groups is 1. The van der Waals surface area contributed by atoms with Gasteiger partial charge in [-0.1, -0.05) is 6.07 Å². The lowest BCUT2D eigenvalue weighted by Crippen LogP contribution is -2.44. The molecule has 1 aromatic heterocycles. The van der Waals surface area contributed by atoms with Crippen LogP contribution in [0.4, 0.5) is 26.2 Å². The van der Waals surface area contributed by atoms with Crippen LogP contribution in [0.2, 0.25) is 0 Å². The number of nitrogens with zero attached hydrogens (tertiary/aromatic N) is 4. The number of aryl methyl sites for hydroxylation is 1. The highest BCUT2D eigenvalue weighted by Gasteiger charge is 2.33. The van der Waals surface area contributed by atoms with E-state index in [9.17, 15) is 29.4 Å². The Morgan fingerprint density at radius 3 is 2.63 bits per heavy atom. The molecule has 4 aromatic rings. The fourth-order valence-electron chi connectivity index (χ4n) is 7.08. The summed E-state index contributed by atoms with van der Waals surface area (Å²) in [6, 6.07) is 10.8. The fraction of sp³-hybridized carbons (Fsp3) is 0.394. The van der Waals surface area contributed by atoms with E-state index in [1.54, 1.807) is 29.8 Å². The number of amides is 4. The van der Waals surface area contributed by atoms with E-state index in [1.165, 1.54) is 14.9 Å². The number of aromatic nitrogens is 2. The maximum atomic E-state index is 15.3. The molecule has 14 nitrogen and oxygen atoms in total. The number of aliphatic hydroxyl groups excluding tert-OH is 1. The second-order valence-corrected chi connectivity index (χ2v) is 13.6. The number of imide groups is 1. The number of imidazole rings is 1. The number of nitrogens with one attached hydrogen (secondary N) is 4.